The van der Waals surface area contributed by atoms with Crippen LogP contribution in [0.3, 0.4) is 0 Å². The molecule has 0 rings (SSSR count). The Labute approximate surface area is 70.8 Å². The van der Waals surface area contributed by atoms with Gasteiger partial charge in [-0.25, -0.2) is 8.42 Å². The summed E-state index contributed by atoms with van der Waals surface area (Å²) in [5.74, 6) is -0.477. The summed E-state index contributed by atoms with van der Waals surface area (Å²) in [7, 11) is -1.77. The first kappa shape index (κ1) is 10.7. The fourth-order valence-corrected chi connectivity index (χ4v) is 1.36. The Morgan fingerprint density at radius 3 is 2.45 bits per heavy atom. The van der Waals surface area contributed by atoms with Gasteiger partial charge in [0.25, 0.3) is 0 Å². The molecule has 0 aromatic heterocycles. The van der Waals surface area contributed by atoms with E-state index in [0.717, 1.165) is 0 Å². The summed E-state index contributed by atoms with van der Waals surface area (Å²) in [6, 6.07) is 0. The molecule has 0 fully saturated rings. The second kappa shape index (κ2) is 4.56. The predicted octanol–water partition coefficient (Wildman–Crippen LogP) is -0.266. The molecule has 0 aromatic rings. The van der Waals surface area contributed by atoms with Crippen LogP contribution in [-0.2, 0) is 14.6 Å². The number of rotatable bonds is 4. The Morgan fingerprint density at radius 2 is 2.09 bits per heavy atom. The Kier molecular flexibility index (Phi) is 4.44. The molecular formula is C5H10ClNO3S. The number of amides is 1. The van der Waals surface area contributed by atoms with Gasteiger partial charge in [-0.2, -0.15) is 0 Å². The molecule has 0 saturated carbocycles. The van der Waals surface area contributed by atoms with E-state index in [9.17, 15) is 13.2 Å². The lowest BCUT2D eigenvalue weighted by Crippen LogP contribution is -2.21. The predicted molar refractivity (Wildman–Crippen MR) is 43.2 cm³/mol. The number of sulfone groups is 1. The topological polar surface area (TPSA) is 63.2 Å². The molecule has 6 heteroatoms. The molecule has 0 spiro atoms. The van der Waals surface area contributed by atoms with Crippen LogP contribution in [-0.4, -0.2) is 32.3 Å². The van der Waals surface area contributed by atoms with E-state index in [1.165, 1.54) is 7.05 Å². The van der Waals surface area contributed by atoms with E-state index in [1.807, 2.05) is 0 Å². The molecule has 0 heterocycles. The summed E-state index contributed by atoms with van der Waals surface area (Å²) in [6.07, 6.45) is -0.0223. The summed E-state index contributed by atoms with van der Waals surface area (Å²) in [4.78, 5) is 10.6. The van der Waals surface area contributed by atoms with E-state index in [-0.39, 0.29) is 18.1 Å². The van der Waals surface area contributed by atoms with E-state index >= 15 is 0 Å². The van der Waals surface area contributed by atoms with E-state index in [4.69, 9.17) is 11.6 Å². The minimum atomic E-state index is -3.22. The van der Waals surface area contributed by atoms with Crippen LogP contribution in [0.5, 0.6) is 0 Å². The van der Waals surface area contributed by atoms with Crippen molar-refractivity contribution in [3.63, 3.8) is 0 Å². The van der Waals surface area contributed by atoms with Crippen molar-refractivity contribution >= 4 is 27.3 Å². The molecule has 66 valence electrons. The minimum absolute atomic E-state index is 0.0223. The van der Waals surface area contributed by atoms with Gasteiger partial charge in [-0.3, -0.25) is 4.79 Å². The summed E-state index contributed by atoms with van der Waals surface area (Å²) >= 11 is 5.10. The number of hydrogen-bond donors (Lipinski definition) is 1. The molecule has 0 aliphatic heterocycles. The maximum absolute atomic E-state index is 10.7. The fourth-order valence-electron chi connectivity index (χ4n) is 0.428. The zero-order valence-corrected chi connectivity index (χ0v) is 7.70. The highest BCUT2D eigenvalue weighted by Crippen LogP contribution is 1.95. The highest BCUT2D eigenvalue weighted by molar-refractivity contribution is 7.92. The van der Waals surface area contributed by atoms with Crippen LogP contribution >= 0.6 is 11.6 Å². The number of alkyl halides is 1. The van der Waals surface area contributed by atoms with Gasteiger partial charge in [0, 0.05) is 13.5 Å². The van der Waals surface area contributed by atoms with Gasteiger partial charge in [0.05, 0.1) is 5.75 Å². The van der Waals surface area contributed by atoms with Gasteiger partial charge in [0.2, 0.25) is 5.91 Å². The Balaban J connectivity index is 3.80. The van der Waals surface area contributed by atoms with E-state index in [0.29, 0.717) is 0 Å². The fraction of sp³-hybridized carbons (Fsp3) is 0.800. The summed E-state index contributed by atoms with van der Waals surface area (Å²) in [5.41, 5.74) is 0. The molecule has 4 nitrogen and oxygen atoms in total. The van der Waals surface area contributed by atoms with Crippen molar-refractivity contribution in [1.82, 2.24) is 5.32 Å². The van der Waals surface area contributed by atoms with E-state index < -0.39 is 15.0 Å². The zero-order valence-electron chi connectivity index (χ0n) is 6.13. The number of halogens is 1. The quantitative estimate of drug-likeness (QED) is 0.635. The molecule has 0 aliphatic carbocycles. The third-order valence-electron chi connectivity index (χ3n) is 1.09. The maximum Gasteiger partial charge on any atom is 0.220 e. The van der Waals surface area contributed by atoms with Crippen molar-refractivity contribution in [3.8, 4) is 0 Å². The molecule has 0 bridgehead atoms. The molecular weight excluding hydrogens is 190 g/mol. The van der Waals surface area contributed by atoms with Gasteiger partial charge in [-0.1, -0.05) is 0 Å². The van der Waals surface area contributed by atoms with Crippen LogP contribution in [0.1, 0.15) is 6.42 Å². The highest BCUT2D eigenvalue weighted by atomic mass is 35.5. The standard InChI is InChI=1S/C5H10ClNO3S/c1-7-5(8)2-3-11(9,10)4-6/h2-4H2,1H3,(H,7,8). The second-order valence-corrected chi connectivity index (χ2v) is 4.75. The van der Waals surface area contributed by atoms with Crippen molar-refractivity contribution in [3.05, 3.63) is 0 Å². The lowest BCUT2D eigenvalue weighted by Gasteiger charge is -1.98. The molecule has 0 atom stereocenters. The molecule has 1 N–H and O–H groups in total. The molecule has 0 saturated heterocycles. The minimum Gasteiger partial charge on any atom is -0.359 e. The van der Waals surface area contributed by atoms with Crippen molar-refractivity contribution in [2.75, 3.05) is 18.0 Å². The average molecular weight is 200 g/mol. The molecule has 0 aromatic carbocycles. The molecule has 11 heavy (non-hydrogen) atoms. The Hall–Kier alpha value is -0.290. The second-order valence-electron chi connectivity index (χ2n) is 1.98. The monoisotopic (exact) mass is 199 g/mol. The number of carbonyl (C=O) groups excluding carboxylic acids is 1. The molecule has 1 amide bonds. The summed E-state index contributed by atoms with van der Waals surface area (Å²) in [5, 5.41) is 1.89. The van der Waals surface area contributed by atoms with Crippen LogP contribution in [0, 0.1) is 0 Å². The van der Waals surface area contributed by atoms with Crippen molar-refractivity contribution in [2.24, 2.45) is 0 Å². The first-order valence-electron chi connectivity index (χ1n) is 2.99. The van der Waals surface area contributed by atoms with Gasteiger partial charge in [-0.15, -0.1) is 11.6 Å². The van der Waals surface area contributed by atoms with E-state index in [1.54, 1.807) is 0 Å². The number of hydrogen-bond acceptors (Lipinski definition) is 3. The lowest BCUT2D eigenvalue weighted by atomic mass is 10.5. The van der Waals surface area contributed by atoms with Crippen molar-refractivity contribution < 1.29 is 13.2 Å². The van der Waals surface area contributed by atoms with E-state index in [2.05, 4.69) is 5.32 Å². The van der Waals surface area contributed by atoms with Crippen LogP contribution in [0.2, 0.25) is 0 Å². The largest absolute Gasteiger partial charge is 0.359 e. The SMILES string of the molecule is CNC(=O)CCS(=O)(=O)CCl. The molecule has 0 unspecified atom stereocenters. The first-order chi connectivity index (χ1) is 5.02. The summed E-state index contributed by atoms with van der Waals surface area (Å²) in [6.45, 7) is 0. The van der Waals surface area contributed by atoms with Gasteiger partial charge in [0.1, 0.15) is 5.21 Å². The third-order valence-corrected chi connectivity index (χ3v) is 3.24. The molecule has 0 radical (unpaired) electrons. The molecule has 0 aliphatic rings. The van der Waals surface area contributed by atoms with Gasteiger partial charge in [0.15, 0.2) is 9.84 Å². The highest BCUT2D eigenvalue weighted by Gasteiger charge is 2.10. The van der Waals surface area contributed by atoms with Crippen molar-refractivity contribution in [1.29, 1.82) is 0 Å². The average Bonchev–Trinajstić information content (AvgIpc) is 2.00. The smallest absolute Gasteiger partial charge is 0.220 e. The zero-order chi connectivity index (χ0) is 8.91. The van der Waals surface area contributed by atoms with Crippen LogP contribution < -0.4 is 5.32 Å². The third kappa shape index (κ3) is 5.03. The summed E-state index contributed by atoms with van der Waals surface area (Å²) < 4.78 is 21.4. The Bertz CT molecular complexity index is 224. The van der Waals surface area contributed by atoms with Gasteiger partial charge in [-0.05, 0) is 0 Å². The first-order valence-corrected chi connectivity index (χ1v) is 5.34. The maximum atomic E-state index is 10.7. The van der Waals surface area contributed by atoms with Crippen LogP contribution in [0.15, 0.2) is 0 Å². The van der Waals surface area contributed by atoms with Gasteiger partial charge < -0.3 is 5.32 Å². The van der Waals surface area contributed by atoms with Gasteiger partial charge >= 0.3 is 0 Å². The number of carbonyl (C=O) groups is 1. The number of nitrogens with one attached hydrogen (secondary N) is 1. The lowest BCUT2D eigenvalue weighted by molar-refractivity contribution is -0.120. The van der Waals surface area contributed by atoms with Crippen LogP contribution in [0.4, 0.5) is 0 Å². The normalized spacial score (nSPS) is 11.1. The van der Waals surface area contributed by atoms with Crippen LogP contribution in [0.25, 0.3) is 0 Å². The van der Waals surface area contributed by atoms with Crippen molar-refractivity contribution in [2.45, 2.75) is 6.42 Å². The Morgan fingerprint density at radius 1 is 1.55 bits per heavy atom.